The molecule has 13 heteroatoms. The lowest BCUT2D eigenvalue weighted by Crippen LogP contribution is -2.15. The molecule has 0 spiro atoms. The molecule has 0 radical (unpaired) electrons. The van der Waals surface area contributed by atoms with Crippen LogP contribution in [0.15, 0.2) is 86.2 Å². The van der Waals surface area contributed by atoms with Crippen LogP contribution in [0, 0.1) is 13.8 Å². The van der Waals surface area contributed by atoms with Gasteiger partial charge in [0.1, 0.15) is 26.8 Å². The average molecular weight is 577 g/mol. The number of rotatable bonds is 5. The molecule has 41 heavy (non-hydrogen) atoms. The van der Waals surface area contributed by atoms with Crippen molar-refractivity contribution >= 4 is 44.5 Å². The van der Waals surface area contributed by atoms with Crippen LogP contribution < -0.4 is 5.73 Å². The van der Waals surface area contributed by atoms with Gasteiger partial charge in [-0.15, -0.1) is 16.5 Å². The smallest absolute Gasteiger partial charge is 0.416 e. The maximum absolute atomic E-state index is 13.7. The van der Waals surface area contributed by atoms with Crippen LogP contribution in [0.3, 0.4) is 0 Å². The number of alkyl halides is 3. The van der Waals surface area contributed by atoms with E-state index in [1.165, 1.54) is 24.7 Å². The number of pyridine rings is 1. The van der Waals surface area contributed by atoms with Gasteiger partial charge in [0.05, 0.1) is 40.9 Å². The maximum atomic E-state index is 13.7. The van der Waals surface area contributed by atoms with Gasteiger partial charge in [-0.3, -0.25) is 4.79 Å². The molecule has 0 saturated carbocycles. The van der Waals surface area contributed by atoms with Crippen molar-refractivity contribution in [1.29, 1.82) is 0 Å². The third-order valence-corrected chi connectivity index (χ3v) is 7.43. The average Bonchev–Trinajstić information content (AvgIpc) is 3.75. The molecule has 206 valence electrons. The van der Waals surface area contributed by atoms with Gasteiger partial charge in [0.2, 0.25) is 0 Å². The highest BCUT2D eigenvalue weighted by atomic mass is 32.1. The zero-order chi connectivity index (χ0) is 28.9. The van der Waals surface area contributed by atoms with Crippen LogP contribution in [-0.4, -0.2) is 20.7 Å². The number of anilines is 1. The second-order valence-electron chi connectivity index (χ2n) is 9.02. The first-order chi connectivity index (χ1) is 19.6. The van der Waals surface area contributed by atoms with Crippen LogP contribution >= 0.6 is 11.3 Å². The summed E-state index contributed by atoms with van der Waals surface area (Å²) in [4.78, 5) is 19.1. The first-order valence-electron chi connectivity index (χ1n) is 12.1. The minimum absolute atomic E-state index is 0.00958. The van der Waals surface area contributed by atoms with Crippen LogP contribution in [-0.2, 0) is 6.18 Å². The molecule has 0 aliphatic heterocycles. The van der Waals surface area contributed by atoms with E-state index in [1.54, 1.807) is 44.2 Å². The van der Waals surface area contributed by atoms with E-state index in [2.05, 4.69) is 20.3 Å². The molecular weight excluding hydrogens is 557 g/mol. The largest absolute Gasteiger partial charge is 0.464 e. The summed E-state index contributed by atoms with van der Waals surface area (Å²) >= 11 is 1.10. The highest BCUT2D eigenvalue weighted by molar-refractivity contribution is 7.21. The third kappa shape index (κ3) is 4.69. The summed E-state index contributed by atoms with van der Waals surface area (Å²) in [7, 11) is 0. The van der Waals surface area contributed by atoms with Gasteiger partial charge in [-0.2, -0.15) is 28.1 Å². The summed E-state index contributed by atoms with van der Waals surface area (Å²) in [5, 5.41) is 12.9. The van der Waals surface area contributed by atoms with Crippen LogP contribution in [0.2, 0.25) is 0 Å². The van der Waals surface area contributed by atoms with Gasteiger partial charge in [-0.1, -0.05) is 6.07 Å². The molecule has 1 aromatic carbocycles. The van der Waals surface area contributed by atoms with Crippen molar-refractivity contribution in [3.8, 4) is 22.8 Å². The molecule has 0 aliphatic carbocycles. The van der Waals surface area contributed by atoms with Gasteiger partial charge in [0.15, 0.2) is 5.76 Å². The zero-order valence-corrected chi connectivity index (χ0v) is 22.2. The quantitative estimate of drug-likeness (QED) is 0.206. The van der Waals surface area contributed by atoms with Gasteiger partial charge in [0.25, 0.3) is 5.91 Å². The number of nitrogen functional groups attached to an aromatic ring is 1. The number of aryl methyl sites for hydroxylation is 1. The van der Waals surface area contributed by atoms with Crippen molar-refractivity contribution in [3.63, 3.8) is 0 Å². The molecular formula is C28H19F3N6O3S. The van der Waals surface area contributed by atoms with E-state index in [1.807, 2.05) is 0 Å². The van der Waals surface area contributed by atoms with Crippen molar-refractivity contribution in [2.45, 2.75) is 20.0 Å². The van der Waals surface area contributed by atoms with Gasteiger partial charge < -0.3 is 14.6 Å². The van der Waals surface area contributed by atoms with Gasteiger partial charge >= 0.3 is 6.18 Å². The molecule has 2 N–H and O–H groups in total. The zero-order valence-electron chi connectivity index (χ0n) is 21.4. The Balaban J connectivity index is 1.41. The fourth-order valence-electron chi connectivity index (χ4n) is 4.38. The lowest BCUT2D eigenvalue weighted by atomic mass is 10.1. The molecule has 0 fully saturated rings. The Kier molecular flexibility index (Phi) is 6.30. The first kappa shape index (κ1) is 26.2. The van der Waals surface area contributed by atoms with Crippen LogP contribution in [0.5, 0.6) is 0 Å². The van der Waals surface area contributed by atoms with E-state index in [-0.39, 0.29) is 21.9 Å². The first-order valence-corrected chi connectivity index (χ1v) is 12.9. The van der Waals surface area contributed by atoms with Crippen molar-refractivity contribution in [2.75, 3.05) is 5.73 Å². The fourth-order valence-corrected chi connectivity index (χ4v) is 5.43. The number of carbonyl (C=O) groups is 1. The number of carbonyl (C=O) groups excluding carboxylic acids is 1. The minimum Gasteiger partial charge on any atom is -0.464 e. The number of nitrogens with two attached hydrogens (primary N) is 1. The van der Waals surface area contributed by atoms with E-state index in [9.17, 15) is 18.0 Å². The van der Waals surface area contributed by atoms with E-state index in [0.717, 1.165) is 28.2 Å². The predicted molar refractivity (Wildman–Crippen MR) is 146 cm³/mol. The van der Waals surface area contributed by atoms with Crippen molar-refractivity contribution in [1.82, 2.24) is 14.8 Å². The topological polar surface area (TPSA) is 125 Å². The predicted octanol–water partition coefficient (Wildman–Crippen LogP) is 8.33. The van der Waals surface area contributed by atoms with E-state index < -0.39 is 17.6 Å². The van der Waals surface area contributed by atoms with Crippen LogP contribution in [0.4, 0.5) is 30.2 Å². The number of nitrogens with zero attached hydrogens (tertiary/aromatic N) is 5. The van der Waals surface area contributed by atoms with Gasteiger partial charge in [0, 0.05) is 10.9 Å². The molecule has 0 atom stereocenters. The molecule has 0 saturated heterocycles. The Morgan fingerprint density at radius 2 is 1.73 bits per heavy atom. The van der Waals surface area contributed by atoms with E-state index in [0.29, 0.717) is 44.4 Å². The number of azo groups is 1. The lowest BCUT2D eigenvalue weighted by molar-refractivity contribution is -0.137. The highest BCUT2D eigenvalue weighted by Gasteiger charge is 2.30. The highest BCUT2D eigenvalue weighted by Crippen LogP contribution is 2.42. The normalized spacial score (nSPS) is 12.1. The van der Waals surface area contributed by atoms with Gasteiger partial charge in [-0.05, 0) is 62.4 Å². The summed E-state index contributed by atoms with van der Waals surface area (Å²) < 4.78 is 51.5. The summed E-state index contributed by atoms with van der Waals surface area (Å²) in [5.74, 6) is 0.558. The Bertz CT molecular complexity index is 1940. The number of hydrogen-bond donors (Lipinski definition) is 1. The number of thiophene rings is 1. The summed E-state index contributed by atoms with van der Waals surface area (Å²) in [6, 6.07) is 13.3. The maximum Gasteiger partial charge on any atom is 0.416 e. The Morgan fingerprint density at radius 1 is 1.00 bits per heavy atom. The Labute approximate surface area is 233 Å². The van der Waals surface area contributed by atoms with E-state index >= 15 is 0 Å². The van der Waals surface area contributed by atoms with Crippen molar-refractivity contribution in [2.24, 2.45) is 10.2 Å². The molecule has 0 amide bonds. The second-order valence-corrected chi connectivity index (χ2v) is 10.0. The fraction of sp³-hybridized carbons (Fsp3) is 0.107. The summed E-state index contributed by atoms with van der Waals surface area (Å²) in [6.45, 7) is 3.24. The number of halogens is 3. The second kappa shape index (κ2) is 9.86. The molecule has 6 rings (SSSR count). The number of benzene rings is 1. The number of furan rings is 2. The Morgan fingerprint density at radius 3 is 2.41 bits per heavy atom. The van der Waals surface area contributed by atoms with Gasteiger partial charge in [-0.25, -0.2) is 4.98 Å². The number of aromatic nitrogens is 3. The molecule has 0 aliphatic rings. The van der Waals surface area contributed by atoms with Crippen molar-refractivity contribution in [3.05, 3.63) is 89.0 Å². The Hall–Kier alpha value is -5.04. The van der Waals surface area contributed by atoms with Crippen LogP contribution in [0.1, 0.15) is 26.6 Å². The lowest BCUT2D eigenvalue weighted by Gasteiger charge is -2.06. The molecule has 5 heterocycles. The standard InChI is InChI=1S/C28H19F3N6O3S/c1-14-24(35-34-17-7-3-6-16(12-17)28(29,30)31)15(2)37(36-14)27(38)25-23(32)22-18(20-8-4-10-39-20)13-19(33-26(22)41-25)21-9-5-11-40-21/h3-13H,32H2,1-2H3. The number of hydrogen-bond acceptors (Lipinski definition) is 9. The number of fused-ring (bicyclic) bond motifs is 1. The monoisotopic (exact) mass is 576 g/mol. The third-order valence-electron chi connectivity index (χ3n) is 6.34. The molecule has 0 bridgehead atoms. The van der Waals surface area contributed by atoms with E-state index in [4.69, 9.17) is 14.6 Å². The summed E-state index contributed by atoms with van der Waals surface area (Å²) in [5.41, 5.74) is 8.06. The molecule has 9 nitrogen and oxygen atoms in total. The SMILES string of the molecule is Cc1nn(C(=O)c2sc3nc(-c4ccco4)cc(-c4ccco4)c3c2N)c(C)c1N=Nc1cccc(C(F)(F)F)c1. The molecule has 0 unspecified atom stereocenters. The minimum atomic E-state index is -4.51. The summed E-state index contributed by atoms with van der Waals surface area (Å²) in [6.07, 6.45) is -1.44. The molecule has 6 aromatic rings. The van der Waals surface area contributed by atoms with Crippen LogP contribution in [0.25, 0.3) is 33.0 Å². The molecule has 5 aromatic heterocycles. The van der Waals surface area contributed by atoms with Crippen molar-refractivity contribution < 1.29 is 26.8 Å².